The first-order valence-electron chi connectivity index (χ1n) is 14.9. The Morgan fingerprint density at radius 3 is 1.16 bits per heavy atom. The SMILES string of the molecule is CC(COCc1ccccc1)OCC(C)OCC(C)OP(=O)(O)OC(C)COC(C)COC(C)COCc1ccccc1. The van der Waals surface area contributed by atoms with E-state index in [9.17, 15) is 9.46 Å². The van der Waals surface area contributed by atoms with Gasteiger partial charge in [0.25, 0.3) is 0 Å². The summed E-state index contributed by atoms with van der Waals surface area (Å²) in [7, 11) is -4.32. The van der Waals surface area contributed by atoms with Crippen molar-refractivity contribution >= 4 is 7.82 Å². The summed E-state index contributed by atoms with van der Waals surface area (Å²) in [4.78, 5) is 10.2. The van der Waals surface area contributed by atoms with E-state index in [0.29, 0.717) is 39.6 Å². The molecule has 11 heteroatoms. The highest BCUT2D eigenvalue weighted by atomic mass is 31.2. The van der Waals surface area contributed by atoms with Crippen LogP contribution >= 0.6 is 7.82 Å². The summed E-state index contributed by atoms with van der Waals surface area (Å²) in [6, 6.07) is 19.9. The Labute approximate surface area is 257 Å². The maximum absolute atomic E-state index is 12.5. The Balaban J connectivity index is 1.52. The van der Waals surface area contributed by atoms with Crippen LogP contribution in [0.5, 0.6) is 0 Å². The highest BCUT2D eigenvalue weighted by Gasteiger charge is 2.28. The van der Waals surface area contributed by atoms with Crippen molar-refractivity contribution in [3.05, 3.63) is 71.8 Å². The van der Waals surface area contributed by atoms with Gasteiger partial charge in [-0.05, 0) is 52.7 Å². The molecule has 0 bridgehead atoms. The number of phosphoric acid groups is 1. The normalized spacial score (nSPS) is 17.5. The minimum absolute atomic E-state index is 0.101. The van der Waals surface area contributed by atoms with E-state index in [0.717, 1.165) is 11.1 Å². The summed E-state index contributed by atoms with van der Waals surface area (Å²) in [6.07, 6.45) is -2.02. The first kappa shape index (κ1) is 37.5. The van der Waals surface area contributed by atoms with Crippen molar-refractivity contribution in [2.24, 2.45) is 0 Å². The van der Waals surface area contributed by atoms with Crippen LogP contribution in [0.3, 0.4) is 0 Å². The van der Waals surface area contributed by atoms with Gasteiger partial charge in [0.05, 0.1) is 89.5 Å². The van der Waals surface area contributed by atoms with Crippen LogP contribution in [0.1, 0.15) is 52.7 Å². The van der Waals surface area contributed by atoms with Gasteiger partial charge >= 0.3 is 7.82 Å². The predicted molar refractivity (Wildman–Crippen MR) is 165 cm³/mol. The molecule has 0 aromatic heterocycles. The van der Waals surface area contributed by atoms with E-state index < -0.39 is 20.0 Å². The van der Waals surface area contributed by atoms with Gasteiger partial charge in [-0.3, -0.25) is 9.05 Å². The maximum atomic E-state index is 12.5. The zero-order valence-corrected chi connectivity index (χ0v) is 27.4. The van der Waals surface area contributed by atoms with Crippen molar-refractivity contribution in [1.29, 1.82) is 0 Å². The molecule has 2 rings (SSSR count). The first-order chi connectivity index (χ1) is 20.5. The van der Waals surface area contributed by atoms with Gasteiger partial charge in [-0.25, -0.2) is 4.57 Å². The summed E-state index contributed by atoms with van der Waals surface area (Å²) < 4.78 is 57.4. The van der Waals surface area contributed by atoms with Gasteiger partial charge in [0.2, 0.25) is 0 Å². The molecule has 0 saturated carbocycles. The lowest BCUT2D eigenvalue weighted by Gasteiger charge is -2.23. The van der Waals surface area contributed by atoms with Gasteiger partial charge in [0, 0.05) is 0 Å². The fourth-order valence-electron chi connectivity index (χ4n) is 3.77. The predicted octanol–water partition coefficient (Wildman–Crippen LogP) is 5.95. The average molecular weight is 627 g/mol. The molecule has 0 fully saturated rings. The van der Waals surface area contributed by atoms with Crippen LogP contribution in [0.2, 0.25) is 0 Å². The van der Waals surface area contributed by atoms with Crippen LogP contribution < -0.4 is 0 Å². The van der Waals surface area contributed by atoms with Gasteiger partial charge in [0.1, 0.15) is 0 Å². The lowest BCUT2D eigenvalue weighted by atomic mass is 10.2. The molecule has 244 valence electrons. The summed E-state index contributed by atoms with van der Waals surface area (Å²) >= 11 is 0. The third kappa shape index (κ3) is 18.7. The topological polar surface area (TPSA) is 111 Å². The third-order valence-corrected chi connectivity index (χ3v) is 7.27. The number of hydrogen-bond donors (Lipinski definition) is 1. The van der Waals surface area contributed by atoms with Gasteiger partial charge in [0.15, 0.2) is 0 Å². The van der Waals surface area contributed by atoms with Gasteiger partial charge in [-0.2, -0.15) is 0 Å². The van der Waals surface area contributed by atoms with Crippen molar-refractivity contribution in [3.63, 3.8) is 0 Å². The Morgan fingerprint density at radius 2 is 0.814 bits per heavy atom. The standard InChI is InChI=1S/C32H51O10P/c1-25(17-35-23-31-13-9-7-10-14-31)37-19-27(3)39-21-29(5)41-43(33,34)42-30(6)22-40-28(4)20-38-26(2)18-36-24-32-15-11-8-12-16-32/h7-16,25-30H,17-24H2,1-6H3,(H,33,34). The smallest absolute Gasteiger partial charge is 0.374 e. The largest absolute Gasteiger partial charge is 0.472 e. The van der Waals surface area contributed by atoms with Gasteiger partial charge in [-0.15, -0.1) is 0 Å². The molecule has 0 saturated heterocycles. The molecule has 0 amide bonds. The zero-order valence-electron chi connectivity index (χ0n) is 26.5. The van der Waals surface area contributed by atoms with Crippen molar-refractivity contribution in [3.8, 4) is 0 Å². The Morgan fingerprint density at radius 1 is 0.512 bits per heavy atom. The summed E-state index contributed by atoms with van der Waals surface area (Å²) in [5.74, 6) is 0. The molecule has 0 heterocycles. The molecule has 6 atom stereocenters. The summed E-state index contributed by atoms with van der Waals surface area (Å²) in [5.41, 5.74) is 2.22. The van der Waals surface area contributed by atoms with Crippen molar-refractivity contribution in [2.75, 3.05) is 39.6 Å². The fourth-order valence-corrected chi connectivity index (χ4v) is 4.85. The number of hydrogen-bond acceptors (Lipinski definition) is 9. The lowest BCUT2D eigenvalue weighted by Crippen LogP contribution is -2.27. The Hall–Kier alpha value is -1.69. The van der Waals surface area contributed by atoms with Crippen LogP contribution in [-0.4, -0.2) is 81.2 Å². The van der Waals surface area contributed by atoms with Gasteiger partial charge in [-0.1, -0.05) is 60.7 Å². The maximum Gasteiger partial charge on any atom is 0.472 e. The molecule has 0 spiro atoms. The molecular weight excluding hydrogens is 575 g/mol. The molecule has 0 aliphatic heterocycles. The molecule has 0 radical (unpaired) electrons. The van der Waals surface area contributed by atoms with Crippen LogP contribution in [0, 0.1) is 0 Å². The second kappa shape index (κ2) is 21.1. The van der Waals surface area contributed by atoms with Crippen molar-refractivity contribution < 1.29 is 46.9 Å². The van der Waals surface area contributed by atoms with Crippen molar-refractivity contribution in [2.45, 2.75) is 91.4 Å². The fraction of sp³-hybridized carbons (Fsp3) is 0.625. The van der Waals surface area contributed by atoms with E-state index in [2.05, 4.69) is 0 Å². The monoisotopic (exact) mass is 626 g/mol. The van der Waals surface area contributed by atoms with E-state index in [4.69, 9.17) is 37.5 Å². The second-order valence-corrected chi connectivity index (χ2v) is 12.2. The summed E-state index contributed by atoms with van der Waals surface area (Å²) in [6.45, 7) is 13.8. The molecular formula is C32H51O10P. The molecule has 0 aliphatic rings. The van der Waals surface area contributed by atoms with E-state index in [1.54, 1.807) is 13.8 Å². The summed E-state index contributed by atoms with van der Waals surface area (Å²) in [5, 5.41) is 0. The molecule has 1 N–H and O–H groups in total. The van der Waals surface area contributed by atoms with E-state index >= 15 is 0 Å². The number of ether oxygens (including phenoxy) is 6. The van der Waals surface area contributed by atoms with Crippen LogP contribution in [0.25, 0.3) is 0 Å². The molecule has 10 nitrogen and oxygen atoms in total. The molecule has 6 unspecified atom stereocenters. The quantitative estimate of drug-likeness (QED) is 0.140. The van der Waals surface area contributed by atoms with Crippen LogP contribution in [-0.2, 0) is 55.2 Å². The molecule has 43 heavy (non-hydrogen) atoms. The van der Waals surface area contributed by atoms with E-state index in [1.165, 1.54) is 0 Å². The molecule has 0 aliphatic carbocycles. The van der Waals surface area contributed by atoms with Gasteiger partial charge < -0.3 is 33.3 Å². The second-order valence-electron chi connectivity index (χ2n) is 10.9. The first-order valence-corrected chi connectivity index (χ1v) is 16.4. The van der Waals surface area contributed by atoms with E-state index in [1.807, 2.05) is 88.4 Å². The number of rotatable bonds is 24. The van der Waals surface area contributed by atoms with Crippen LogP contribution in [0.15, 0.2) is 60.7 Å². The Bertz CT molecular complexity index is 934. The average Bonchev–Trinajstić information content (AvgIpc) is 2.97. The Kier molecular flexibility index (Phi) is 18.4. The number of phosphoric ester groups is 1. The molecule has 2 aromatic carbocycles. The minimum atomic E-state index is -4.32. The van der Waals surface area contributed by atoms with Crippen molar-refractivity contribution in [1.82, 2.24) is 0 Å². The van der Waals surface area contributed by atoms with Crippen LogP contribution in [0.4, 0.5) is 0 Å². The highest BCUT2D eigenvalue weighted by Crippen LogP contribution is 2.45. The third-order valence-electron chi connectivity index (χ3n) is 6.02. The highest BCUT2D eigenvalue weighted by molar-refractivity contribution is 7.47. The van der Waals surface area contributed by atoms with E-state index in [-0.39, 0.29) is 37.6 Å². The minimum Gasteiger partial charge on any atom is -0.374 e. The number of benzene rings is 2. The zero-order chi connectivity index (χ0) is 31.5. The lowest BCUT2D eigenvalue weighted by molar-refractivity contribution is -0.0778. The molecule has 2 aromatic rings.